The molecule has 2 aliphatic rings. The van der Waals surface area contributed by atoms with Crippen molar-refractivity contribution in [2.45, 2.75) is 31.3 Å². The molecule has 3 aromatic rings. The van der Waals surface area contributed by atoms with Crippen LogP contribution in [0, 0.1) is 3.57 Å². The van der Waals surface area contributed by atoms with E-state index in [0.29, 0.717) is 17.0 Å². The number of carbonyl (C=O) groups excluding carboxylic acids is 4. The van der Waals surface area contributed by atoms with Crippen LogP contribution in [-0.4, -0.2) is 59.3 Å². The maximum atomic E-state index is 13.7. The molecule has 2 fully saturated rings. The summed E-state index contributed by atoms with van der Waals surface area (Å²) in [6.07, 6.45) is 1.01. The smallest absolute Gasteiger partial charge is 0.325 e. The Balaban J connectivity index is 1.34. The number of benzene rings is 3. The largest absolute Gasteiger partial charge is 0.484 e. The standard InChI is InChI=1S/C30H29IN4O5/c1-19(20-6-3-2-4-7-20)27(28(37)32-23-12-10-22(31)11-13-23)35-29(38)26(33-30(35)39)21-8-14-24(15-9-21)40-18-25(36)34-16-5-17-34/h2-4,6-15,19,26-27H,5,16-18H2,1H3,(H,32,37)(H,33,39)/t19-,26+,27-/m0/s1. The minimum atomic E-state index is -1.09. The lowest BCUT2D eigenvalue weighted by molar-refractivity contribution is -0.136. The first-order chi connectivity index (χ1) is 19.3. The molecule has 3 atom stereocenters. The van der Waals surface area contributed by atoms with Gasteiger partial charge < -0.3 is 20.3 Å². The molecule has 206 valence electrons. The van der Waals surface area contributed by atoms with E-state index >= 15 is 0 Å². The van der Waals surface area contributed by atoms with Gasteiger partial charge in [0.25, 0.3) is 11.8 Å². The Bertz CT molecular complexity index is 1390. The van der Waals surface area contributed by atoms with Gasteiger partial charge in [-0.2, -0.15) is 0 Å². The van der Waals surface area contributed by atoms with Gasteiger partial charge in [0, 0.05) is 28.3 Å². The zero-order valence-electron chi connectivity index (χ0n) is 21.9. The minimum Gasteiger partial charge on any atom is -0.484 e. The normalized spacial score (nSPS) is 18.0. The second kappa shape index (κ2) is 12.1. The van der Waals surface area contributed by atoms with E-state index in [1.54, 1.807) is 41.3 Å². The van der Waals surface area contributed by atoms with Gasteiger partial charge in [-0.3, -0.25) is 14.4 Å². The fourth-order valence-electron chi connectivity index (χ4n) is 4.80. The van der Waals surface area contributed by atoms with Crippen molar-refractivity contribution in [1.82, 2.24) is 15.1 Å². The van der Waals surface area contributed by atoms with E-state index in [1.165, 1.54) is 0 Å². The van der Waals surface area contributed by atoms with Crippen LogP contribution in [0.25, 0.3) is 0 Å². The summed E-state index contributed by atoms with van der Waals surface area (Å²) in [4.78, 5) is 55.4. The van der Waals surface area contributed by atoms with E-state index in [9.17, 15) is 19.2 Å². The fraction of sp³-hybridized carbons (Fsp3) is 0.267. The van der Waals surface area contributed by atoms with Crippen molar-refractivity contribution in [3.63, 3.8) is 0 Å². The molecule has 2 aliphatic heterocycles. The fourth-order valence-corrected chi connectivity index (χ4v) is 5.16. The Morgan fingerprint density at radius 2 is 1.68 bits per heavy atom. The number of imide groups is 1. The van der Waals surface area contributed by atoms with Gasteiger partial charge >= 0.3 is 6.03 Å². The van der Waals surface area contributed by atoms with Crippen LogP contribution in [0.1, 0.15) is 36.4 Å². The minimum absolute atomic E-state index is 0.0546. The zero-order chi connectivity index (χ0) is 28.2. The maximum Gasteiger partial charge on any atom is 0.325 e. The van der Waals surface area contributed by atoms with Crippen LogP contribution < -0.4 is 15.4 Å². The van der Waals surface area contributed by atoms with Crippen LogP contribution in [-0.2, 0) is 14.4 Å². The highest BCUT2D eigenvalue weighted by Crippen LogP contribution is 2.31. The van der Waals surface area contributed by atoms with Gasteiger partial charge in [-0.1, -0.05) is 49.4 Å². The van der Waals surface area contributed by atoms with Crippen molar-refractivity contribution < 1.29 is 23.9 Å². The molecule has 5 rings (SSSR count). The van der Waals surface area contributed by atoms with Crippen LogP contribution in [0.4, 0.5) is 10.5 Å². The van der Waals surface area contributed by atoms with Gasteiger partial charge in [-0.15, -0.1) is 0 Å². The number of ether oxygens (including phenoxy) is 1. The van der Waals surface area contributed by atoms with Gasteiger partial charge in [-0.25, -0.2) is 9.69 Å². The molecule has 0 saturated carbocycles. The average molecular weight is 652 g/mol. The number of amides is 5. The van der Waals surface area contributed by atoms with E-state index in [1.807, 2.05) is 49.4 Å². The first kappa shape index (κ1) is 27.6. The quantitative estimate of drug-likeness (QED) is 0.265. The Kier molecular flexibility index (Phi) is 8.34. The number of carbonyl (C=O) groups is 4. The maximum absolute atomic E-state index is 13.7. The molecule has 9 nitrogen and oxygen atoms in total. The van der Waals surface area contributed by atoms with Crippen molar-refractivity contribution in [3.05, 3.63) is 93.6 Å². The van der Waals surface area contributed by atoms with Gasteiger partial charge in [0.1, 0.15) is 17.8 Å². The van der Waals surface area contributed by atoms with E-state index in [4.69, 9.17) is 4.74 Å². The second-order valence-electron chi connectivity index (χ2n) is 9.82. The van der Waals surface area contributed by atoms with E-state index in [-0.39, 0.29) is 12.5 Å². The Morgan fingerprint density at radius 1 is 1.00 bits per heavy atom. The molecule has 0 aliphatic carbocycles. The summed E-state index contributed by atoms with van der Waals surface area (Å²) < 4.78 is 6.61. The topological polar surface area (TPSA) is 108 Å². The molecule has 2 heterocycles. The molecule has 0 radical (unpaired) electrons. The number of hydrogen-bond donors (Lipinski definition) is 2. The summed E-state index contributed by atoms with van der Waals surface area (Å²) in [5.74, 6) is -1.03. The molecule has 0 spiro atoms. The lowest BCUT2D eigenvalue weighted by Gasteiger charge is -2.30. The molecule has 0 bridgehead atoms. The predicted molar refractivity (Wildman–Crippen MR) is 158 cm³/mol. The zero-order valence-corrected chi connectivity index (χ0v) is 24.0. The summed E-state index contributed by atoms with van der Waals surface area (Å²) in [5.41, 5.74) is 1.94. The van der Waals surface area contributed by atoms with Crippen molar-refractivity contribution >= 4 is 52.0 Å². The number of halogens is 1. The Labute approximate surface area is 246 Å². The van der Waals surface area contributed by atoms with Crippen LogP contribution in [0.5, 0.6) is 5.75 Å². The number of hydrogen-bond acceptors (Lipinski definition) is 5. The number of rotatable bonds is 9. The van der Waals surface area contributed by atoms with Gasteiger partial charge in [0.15, 0.2) is 6.61 Å². The number of nitrogens with one attached hydrogen (secondary N) is 2. The average Bonchev–Trinajstić information content (AvgIpc) is 3.22. The lowest BCUT2D eigenvalue weighted by atomic mass is 9.91. The summed E-state index contributed by atoms with van der Waals surface area (Å²) in [6, 6.07) is 20.6. The highest BCUT2D eigenvalue weighted by Gasteiger charge is 2.47. The van der Waals surface area contributed by atoms with Crippen LogP contribution in [0.3, 0.4) is 0 Å². The number of urea groups is 1. The molecule has 40 heavy (non-hydrogen) atoms. The molecule has 5 amide bonds. The Morgan fingerprint density at radius 3 is 2.30 bits per heavy atom. The molecule has 0 aromatic heterocycles. The van der Waals surface area contributed by atoms with Crippen molar-refractivity contribution in [1.29, 1.82) is 0 Å². The van der Waals surface area contributed by atoms with Crippen LogP contribution >= 0.6 is 22.6 Å². The first-order valence-electron chi connectivity index (χ1n) is 13.1. The van der Waals surface area contributed by atoms with Crippen LogP contribution in [0.2, 0.25) is 0 Å². The van der Waals surface area contributed by atoms with Gasteiger partial charge in [0.2, 0.25) is 5.91 Å². The highest BCUT2D eigenvalue weighted by molar-refractivity contribution is 14.1. The third kappa shape index (κ3) is 5.96. The molecule has 2 N–H and O–H groups in total. The molecular weight excluding hydrogens is 623 g/mol. The van der Waals surface area contributed by atoms with E-state index < -0.39 is 35.8 Å². The molecule has 0 unspecified atom stereocenters. The monoisotopic (exact) mass is 652 g/mol. The van der Waals surface area contributed by atoms with Crippen molar-refractivity contribution in [2.75, 3.05) is 25.0 Å². The summed E-state index contributed by atoms with van der Waals surface area (Å²) in [6.45, 7) is 3.29. The van der Waals surface area contributed by atoms with Gasteiger partial charge in [0.05, 0.1) is 0 Å². The summed E-state index contributed by atoms with van der Waals surface area (Å²) in [7, 11) is 0. The van der Waals surface area contributed by atoms with E-state index in [0.717, 1.165) is 33.5 Å². The summed E-state index contributed by atoms with van der Waals surface area (Å²) >= 11 is 2.18. The molecule has 2 saturated heterocycles. The van der Waals surface area contributed by atoms with Crippen molar-refractivity contribution in [2.24, 2.45) is 0 Å². The van der Waals surface area contributed by atoms with E-state index in [2.05, 4.69) is 33.2 Å². The lowest BCUT2D eigenvalue weighted by Crippen LogP contribution is -2.50. The highest BCUT2D eigenvalue weighted by atomic mass is 127. The second-order valence-corrected chi connectivity index (χ2v) is 11.1. The Hall–Kier alpha value is -3.93. The van der Waals surface area contributed by atoms with Gasteiger partial charge in [-0.05, 0) is 76.5 Å². The molecule has 3 aromatic carbocycles. The summed E-state index contributed by atoms with van der Waals surface area (Å²) in [5, 5.41) is 5.61. The third-order valence-corrected chi connectivity index (χ3v) is 7.93. The first-order valence-corrected chi connectivity index (χ1v) is 14.1. The van der Waals surface area contributed by atoms with Crippen molar-refractivity contribution in [3.8, 4) is 5.75 Å². The SMILES string of the molecule is C[C@@H](c1ccccc1)[C@@H](C(=O)Nc1ccc(I)cc1)N1C(=O)N[C@H](c2ccc(OCC(=O)N3CCC3)cc2)C1=O. The third-order valence-electron chi connectivity index (χ3n) is 7.21. The molecular formula is C30H29IN4O5. The molecule has 10 heteroatoms. The number of anilines is 1. The number of nitrogens with zero attached hydrogens (tertiary/aromatic N) is 2. The van der Waals surface area contributed by atoms with Crippen LogP contribution in [0.15, 0.2) is 78.9 Å². The predicted octanol–water partition coefficient (Wildman–Crippen LogP) is 4.31. The number of likely N-dealkylation sites (tertiary alicyclic amines) is 1.